The molecule has 0 aliphatic carbocycles. The van der Waals surface area contributed by atoms with E-state index in [1.165, 1.54) is 0 Å². The second-order valence-electron chi connectivity index (χ2n) is 16.0. The Balaban J connectivity index is 1.37. The molecule has 314 valence electrons. The average molecular weight is 811 g/mol. The van der Waals surface area contributed by atoms with Gasteiger partial charge in [0.2, 0.25) is 11.8 Å². The van der Waals surface area contributed by atoms with E-state index in [9.17, 15) is 29.1 Å². The van der Waals surface area contributed by atoms with Crippen LogP contribution in [0.2, 0.25) is 0 Å². The highest BCUT2D eigenvalue weighted by Gasteiger charge is 2.33. The summed E-state index contributed by atoms with van der Waals surface area (Å²) in [4.78, 5) is 69.2. The van der Waals surface area contributed by atoms with Crippen LogP contribution in [-0.4, -0.2) is 53.7 Å². The maximum Gasteiger partial charge on any atom is 0.326 e. The number of unbranched alkanes of at least 4 members (excludes halogenated alkanes) is 2. The van der Waals surface area contributed by atoms with Gasteiger partial charge in [-0.25, -0.2) is 4.79 Å². The zero-order chi connectivity index (χ0) is 43.0. The summed E-state index contributed by atoms with van der Waals surface area (Å²) in [6.45, 7) is 5.84. The Morgan fingerprint density at radius 2 is 1.17 bits per heavy atom. The lowest BCUT2D eigenvalue weighted by Gasteiger charge is -2.25. The van der Waals surface area contributed by atoms with Gasteiger partial charge in [-0.3, -0.25) is 19.2 Å². The number of ketones is 2. The number of carbonyl (C=O) groups excluding carboxylic acids is 4. The second-order valence-corrected chi connectivity index (χ2v) is 16.0. The summed E-state index contributed by atoms with van der Waals surface area (Å²) in [7, 11) is 1.62. The highest BCUT2D eigenvalue weighted by Crippen LogP contribution is 2.28. The summed E-state index contributed by atoms with van der Waals surface area (Å²) in [5.41, 5.74) is 4.36. The molecule has 5 aromatic carbocycles. The van der Waals surface area contributed by atoms with Crippen LogP contribution in [0.1, 0.15) is 86.1 Å². The first-order chi connectivity index (χ1) is 28.9. The molecule has 2 amide bonds. The number of fused-ring (bicyclic) bond motifs is 1. The number of Topliss-reactive ketones (excluding diaryl/α,β-unsaturated/α-hetero) is 2. The van der Waals surface area contributed by atoms with Crippen molar-refractivity contribution in [1.82, 2.24) is 10.6 Å². The van der Waals surface area contributed by atoms with Crippen molar-refractivity contribution in [3.63, 3.8) is 0 Å². The number of aryl methyl sites for hydroxylation is 1. The molecular formula is C51H58N2O7. The number of carboxylic acid groups (broad SMARTS) is 1. The van der Waals surface area contributed by atoms with E-state index < -0.39 is 47.6 Å². The number of aliphatic carboxylic acids is 1. The van der Waals surface area contributed by atoms with Gasteiger partial charge in [-0.1, -0.05) is 148 Å². The molecule has 5 rings (SSSR count). The minimum absolute atomic E-state index is 0.0472. The van der Waals surface area contributed by atoms with Crippen molar-refractivity contribution in [1.29, 1.82) is 0 Å². The third-order valence-electron chi connectivity index (χ3n) is 11.3. The number of nitrogens with one attached hydrogen (secondary N) is 2. The van der Waals surface area contributed by atoms with E-state index in [-0.39, 0.29) is 43.7 Å². The molecule has 0 radical (unpaired) electrons. The van der Waals surface area contributed by atoms with Crippen LogP contribution >= 0.6 is 0 Å². The van der Waals surface area contributed by atoms with E-state index >= 15 is 0 Å². The predicted octanol–water partition coefficient (Wildman–Crippen LogP) is 8.77. The fourth-order valence-corrected chi connectivity index (χ4v) is 7.59. The van der Waals surface area contributed by atoms with E-state index in [1.807, 2.05) is 142 Å². The third kappa shape index (κ3) is 13.2. The smallest absolute Gasteiger partial charge is 0.326 e. The van der Waals surface area contributed by atoms with Gasteiger partial charge in [-0.15, -0.1) is 0 Å². The van der Waals surface area contributed by atoms with Crippen molar-refractivity contribution in [2.24, 2.45) is 11.8 Å². The highest BCUT2D eigenvalue weighted by atomic mass is 16.5. The first-order valence-corrected chi connectivity index (χ1v) is 21.0. The Morgan fingerprint density at radius 3 is 1.80 bits per heavy atom. The summed E-state index contributed by atoms with van der Waals surface area (Å²) in [5, 5.41) is 17.8. The van der Waals surface area contributed by atoms with Crippen LogP contribution in [-0.2, 0) is 43.2 Å². The van der Waals surface area contributed by atoms with Crippen molar-refractivity contribution in [2.45, 2.75) is 96.6 Å². The molecule has 0 bridgehead atoms. The average Bonchev–Trinajstić information content (AvgIpc) is 3.25. The number of methoxy groups -OCH3 is 1. The predicted molar refractivity (Wildman–Crippen MR) is 236 cm³/mol. The van der Waals surface area contributed by atoms with Gasteiger partial charge in [0.1, 0.15) is 17.6 Å². The van der Waals surface area contributed by atoms with E-state index in [0.717, 1.165) is 57.2 Å². The molecule has 9 nitrogen and oxygen atoms in total. The van der Waals surface area contributed by atoms with Crippen LogP contribution in [0.15, 0.2) is 121 Å². The molecule has 3 N–H and O–H groups in total. The molecule has 9 heteroatoms. The summed E-state index contributed by atoms with van der Waals surface area (Å²) < 4.78 is 5.37. The van der Waals surface area contributed by atoms with Crippen LogP contribution in [0.3, 0.4) is 0 Å². The van der Waals surface area contributed by atoms with Gasteiger partial charge in [-0.2, -0.15) is 0 Å². The van der Waals surface area contributed by atoms with Crippen molar-refractivity contribution in [3.05, 3.63) is 149 Å². The van der Waals surface area contributed by atoms with E-state index in [1.54, 1.807) is 7.11 Å². The highest BCUT2D eigenvalue weighted by molar-refractivity contribution is 5.96. The Hall–Kier alpha value is -6.09. The van der Waals surface area contributed by atoms with E-state index in [4.69, 9.17) is 4.74 Å². The zero-order valence-electron chi connectivity index (χ0n) is 35.2. The number of carbonyl (C=O) groups is 5. The maximum atomic E-state index is 14.5. The summed E-state index contributed by atoms with van der Waals surface area (Å²) in [6.07, 6.45) is 3.15. The number of carboxylic acids is 1. The third-order valence-corrected chi connectivity index (χ3v) is 11.3. The fourth-order valence-electron chi connectivity index (χ4n) is 7.59. The van der Waals surface area contributed by atoms with Gasteiger partial charge in [0.05, 0.1) is 13.2 Å². The lowest BCUT2D eigenvalue weighted by molar-refractivity contribution is -0.142. The minimum atomic E-state index is -1.18. The largest absolute Gasteiger partial charge is 0.497 e. The number of hydrogen-bond acceptors (Lipinski definition) is 6. The summed E-state index contributed by atoms with van der Waals surface area (Å²) in [5.74, 6) is -3.85. The van der Waals surface area contributed by atoms with Crippen LogP contribution in [0.25, 0.3) is 10.8 Å². The van der Waals surface area contributed by atoms with Crippen molar-refractivity contribution >= 4 is 40.1 Å². The maximum absolute atomic E-state index is 14.5. The van der Waals surface area contributed by atoms with Crippen molar-refractivity contribution in [2.75, 3.05) is 7.11 Å². The normalized spacial score (nSPS) is 13.7. The lowest BCUT2D eigenvalue weighted by atomic mass is 9.85. The van der Waals surface area contributed by atoms with Crippen LogP contribution < -0.4 is 15.4 Å². The molecule has 0 spiro atoms. The summed E-state index contributed by atoms with van der Waals surface area (Å²) >= 11 is 0. The SMILES string of the molecule is CCCCC[C@@H](CC(=O)[C@@H](Cc1ccccc1)NC(=O)[C@H](CC(=O)[C@@H](C)c1ccc2cc(OC)ccc2c1)Cc1ccccc1)C(=O)N[C@H](Cc1ccc(C)cc1)C(=O)O. The molecule has 0 unspecified atom stereocenters. The topological polar surface area (TPSA) is 139 Å². The molecule has 0 saturated carbocycles. The van der Waals surface area contributed by atoms with Gasteiger partial charge in [0.15, 0.2) is 5.78 Å². The number of amides is 2. The second kappa shape index (κ2) is 22.3. The first-order valence-electron chi connectivity index (χ1n) is 21.0. The minimum Gasteiger partial charge on any atom is -0.497 e. The van der Waals surface area contributed by atoms with Gasteiger partial charge in [0, 0.05) is 37.0 Å². The molecular weight excluding hydrogens is 753 g/mol. The molecule has 0 fully saturated rings. The zero-order valence-corrected chi connectivity index (χ0v) is 35.2. The van der Waals surface area contributed by atoms with Crippen LogP contribution in [0, 0.1) is 18.8 Å². The van der Waals surface area contributed by atoms with Crippen LogP contribution in [0.4, 0.5) is 0 Å². The molecule has 60 heavy (non-hydrogen) atoms. The van der Waals surface area contributed by atoms with E-state index in [0.29, 0.717) is 12.8 Å². The molecule has 5 atom stereocenters. The molecule has 5 aromatic rings. The van der Waals surface area contributed by atoms with Crippen molar-refractivity contribution in [3.8, 4) is 5.75 Å². The molecule has 0 aromatic heterocycles. The van der Waals surface area contributed by atoms with Crippen molar-refractivity contribution < 1.29 is 33.8 Å². The molecule has 0 saturated heterocycles. The van der Waals surface area contributed by atoms with Gasteiger partial charge in [-0.05, 0) is 71.3 Å². The Labute approximate surface area is 353 Å². The fraction of sp³-hybridized carbons (Fsp3) is 0.353. The van der Waals surface area contributed by atoms with Gasteiger partial charge in [0.25, 0.3) is 0 Å². The Kier molecular flexibility index (Phi) is 16.7. The lowest BCUT2D eigenvalue weighted by Crippen LogP contribution is -2.48. The molecule has 0 aliphatic heterocycles. The number of hydrogen-bond donors (Lipinski definition) is 3. The molecule has 0 aliphatic rings. The number of rotatable bonds is 23. The summed E-state index contributed by atoms with van der Waals surface area (Å²) in [6, 6.07) is 35.8. The van der Waals surface area contributed by atoms with E-state index in [2.05, 4.69) is 10.6 Å². The van der Waals surface area contributed by atoms with Gasteiger partial charge >= 0.3 is 5.97 Å². The standard InChI is InChI=1S/C51H58N2O7/c1-5-6-9-18-42(49(56)53-46(51(58)59)29-38-21-19-34(2)20-22-38)32-48(55)45(28-37-16-12-8-13-17-37)52-50(57)43(27-36-14-10-7-11-15-36)33-47(54)35(3)39-23-24-41-31-44(60-4)26-25-40(41)30-39/h7-8,10-17,19-26,30-31,35,42-43,45-46H,5-6,9,18,27-29,32-33H2,1-4H3,(H,52,57)(H,53,56)(H,58,59)/t35-,42-,43-,45+,46+/m0/s1. The first kappa shape index (κ1) is 45.0. The monoisotopic (exact) mass is 810 g/mol. The number of ether oxygens (including phenoxy) is 1. The molecule has 0 heterocycles. The van der Waals surface area contributed by atoms with Gasteiger partial charge < -0.3 is 20.5 Å². The number of benzene rings is 5. The Bertz CT molecular complexity index is 2200. The quantitative estimate of drug-likeness (QED) is 0.0561. The Morgan fingerprint density at radius 1 is 0.617 bits per heavy atom. The van der Waals surface area contributed by atoms with Crippen LogP contribution in [0.5, 0.6) is 5.75 Å².